The van der Waals surface area contributed by atoms with Gasteiger partial charge in [0.05, 0.1) is 12.0 Å². The third-order valence-corrected chi connectivity index (χ3v) is 5.49. The Kier molecular flexibility index (Phi) is 5.64. The number of rotatable bonds is 5. The van der Waals surface area contributed by atoms with Crippen LogP contribution in [0.4, 0.5) is 5.13 Å². The van der Waals surface area contributed by atoms with Crippen molar-refractivity contribution >= 4 is 62.7 Å². The fraction of sp³-hybridized carbons (Fsp3) is 0.188. The number of aryl methyl sites for hydroxylation is 1. The number of thiocarbonyl (C=S) groups is 1. The Labute approximate surface area is 163 Å². The van der Waals surface area contributed by atoms with E-state index in [0.717, 1.165) is 16.3 Å². The molecule has 2 aromatic rings. The van der Waals surface area contributed by atoms with Crippen LogP contribution in [0.15, 0.2) is 29.2 Å². The van der Waals surface area contributed by atoms with E-state index in [1.165, 1.54) is 28.0 Å². The fourth-order valence-electron chi connectivity index (χ4n) is 2.14. The summed E-state index contributed by atoms with van der Waals surface area (Å²) in [6, 6.07) is 7.31. The van der Waals surface area contributed by atoms with Crippen LogP contribution in [0.2, 0.25) is 0 Å². The van der Waals surface area contributed by atoms with Gasteiger partial charge in [-0.1, -0.05) is 47.4 Å². The van der Waals surface area contributed by atoms with Gasteiger partial charge in [0, 0.05) is 0 Å². The molecule has 0 spiro atoms. The molecule has 134 valence electrons. The molecule has 0 unspecified atom stereocenters. The van der Waals surface area contributed by atoms with Crippen LogP contribution in [0.1, 0.15) is 10.6 Å². The van der Waals surface area contributed by atoms with E-state index < -0.39 is 0 Å². The normalized spacial score (nSPS) is 15.6. The lowest BCUT2D eigenvalue weighted by Crippen LogP contribution is -2.36. The molecule has 0 radical (unpaired) electrons. The molecule has 1 saturated heterocycles. The van der Waals surface area contributed by atoms with Gasteiger partial charge in [-0.3, -0.25) is 19.8 Å². The van der Waals surface area contributed by atoms with Crippen LogP contribution in [0.5, 0.6) is 5.75 Å². The second kappa shape index (κ2) is 7.94. The quantitative estimate of drug-likeness (QED) is 0.604. The number of thioether (sulfide) groups is 1. The lowest BCUT2D eigenvalue weighted by molar-refractivity contribution is -0.126. The van der Waals surface area contributed by atoms with Crippen molar-refractivity contribution in [1.82, 2.24) is 15.1 Å². The first-order chi connectivity index (χ1) is 12.5. The van der Waals surface area contributed by atoms with Gasteiger partial charge in [-0.05, 0) is 30.7 Å². The summed E-state index contributed by atoms with van der Waals surface area (Å²) in [5.41, 5.74) is 0.847. The molecule has 2 heterocycles. The summed E-state index contributed by atoms with van der Waals surface area (Å²) in [4.78, 5) is 26.4. The van der Waals surface area contributed by atoms with Crippen molar-refractivity contribution in [3.63, 3.8) is 0 Å². The van der Waals surface area contributed by atoms with Crippen molar-refractivity contribution < 1.29 is 14.3 Å². The number of nitrogens with zero attached hydrogens (tertiary/aromatic N) is 3. The molecule has 2 amide bonds. The molecule has 0 saturated carbocycles. The summed E-state index contributed by atoms with van der Waals surface area (Å²) in [5.74, 6) is 0.0702. The zero-order valence-electron chi connectivity index (χ0n) is 13.9. The van der Waals surface area contributed by atoms with Gasteiger partial charge in [0.25, 0.3) is 5.91 Å². The van der Waals surface area contributed by atoms with Crippen molar-refractivity contribution in [2.45, 2.75) is 6.92 Å². The van der Waals surface area contributed by atoms with Crippen molar-refractivity contribution in [2.75, 3.05) is 19.0 Å². The van der Waals surface area contributed by atoms with Gasteiger partial charge < -0.3 is 4.74 Å². The van der Waals surface area contributed by atoms with E-state index in [1.54, 1.807) is 20.1 Å². The van der Waals surface area contributed by atoms with Gasteiger partial charge in [-0.15, -0.1) is 10.2 Å². The van der Waals surface area contributed by atoms with Crippen molar-refractivity contribution in [3.8, 4) is 5.75 Å². The van der Waals surface area contributed by atoms with Gasteiger partial charge in [0.1, 0.15) is 21.6 Å². The van der Waals surface area contributed by atoms with Crippen LogP contribution in [0.3, 0.4) is 0 Å². The van der Waals surface area contributed by atoms with Crippen LogP contribution in [0.25, 0.3) is 6.08 Å². The Hall–Kier alpha value is -2.30. The SMILES string of the molecule is COc1ccc(C=C2SC(=S)N(CC(=O)Nc3nnc(C)s3)C2=O)cc1. The molecule has 7 nitrogen and oxygen atoms in total. The number of amides is 2. The first-order valence-electron chi connectivity index (χ1n) is 7.45. The smallest absolute Gasteiger partial charge is 0.266 e. The fourth-order valence-corrected chi connectivity index (χ4v) is 4.00. The third kappa shape index (κ3) is 4.26. The maximum absolute atomic E-state index is 12.6. The van der Waals surface area contributed by atoms with Crippen molar-refractivity contribution in [3.05, 3.63) is 39.7 Å². The van der Waals surface area contributed by atoms with E-state index in [1.807, 2.05) is 24.3 Å². The first-order valence-corrected chi connectivity index (χ1v) is 9.50. The van der Waals surface area contributed by atoms with Gasteiger partial charge in [-0.2, -0.15) is 0 Å². The van der Waals surface area contributed by atoms with Gasteiger partial charge >= 0.3 is 0 Å². The molecule has 3 rings (SSSR count). The van der Waals surface area contributed by atoms with E-state index in [-0.39, 0.29) is 18.4 Å². The van der Waals surface area contributed by atoms with E-state index >= 15 is 0 Å². The predicted octanol–water partition coefficient (Wildman–Crippen LogP) is 2.70. The van der Waals surface area contributed by atoms with Crippen molar-refractivity contribution in [1.29, 1.82) is 0 Å². The number of anilines is 1. The van der Waals surface area contributed by atoms with Crippen LogP contribution < -0.4 is 10.1 Å². The molecule has 0 aliphatic carbocycles. The number of carbonyl (C=O) groups excluding carboxylic acids is 2. The van der Waals surface area contributed by atoms with E-state index in [4.69, 9.17) is 17.0 Å². The molecular formula is C16H14N4O3S3. The number of carbonyl (C=O) groups is 2. The minimum Gasteiger partial charge on any atom is -0.497 e. The Morgan fingerprint density at radius 2 is 2.08 bits per heavy atom. The Morgan fingerprint density at radius 1 is 1.35 bits per heavy atom. The van der Waals surface area contributed by atoms with Gasteiger partial charge in [-0.25, -0.2) is 0 Å². The minimum atomic E-state index is -0.372. The Bertz CT molecular complexity index is 892. The van der Waals surface area contributed by atoms with Crippen LogP contribution in [-0.2, 0) is 9.59 Å². The second-order valence-electron chi connectivity index (χ2n) is 5.22. The van der Waals surface area contributed by atoms with E-state index in [0.29, 0.717) is 14.4 Å². The molecule has 1 aromatic heterocycles. The summed E-state index contributed by atoms with van der Waals surface area (Å²) in [5, 5.41) is 11.4. The number of methoxy groups -OCH3 is 1. The van der Waals surface area contributed by atoms with E-state index in [9.17, 15) is 9.59 Å². The number of nitrogens with one attached hydrogen (secondary N) is 1. The molecule has 0 atom stereocenters. The zero-order valence-corrected chi connectivity index (χ0v) is 16.3. The number of aromatic nitrogens is 2. The first kappa shape index (κ1) is 18.5. The highest BCUT2D eigenvalue weighted by Gasteiger charge is 2.33. The zero-order chi connectivity index (χ0) is 18.7. The summed E-state index contributed by atoms with van der Waals surface area (Å²) >= 11 is 7.67. The maximum atomic E-state index is 12.6. The number of benzene rings is 1. The molecule has 1 aromatic carbocycles. The molecule has 1 fully saturated rings. The summed E-state index contributed by atoms with van der Waals surface area (Å²) in [6.45, 7) is 1.63. The number of ether oxygens (including phenoxy) is 1. The monoisotopic (exact) mass is 406 g/mol. The molecule has 0 bridgehead atoms. The van der Waals surface area contributed by atoms with Gasteiger partial charge in [0.2, 0.25) is 11.0 Å². The number of hydrogen-bond donors (Lipinski definition) is 1. The highest BCUT2D eigenvalue weighted by Crippen LogP contribution is 2.32. The standard InChI is InChI=1S/C16H14N4O3S3/c1-9-18-19-15(25-9)17-13(21)8-20-14(22)12(26-16(20)24)7-10-3-5-11(23-2)6-4-10/h3-7H,8H2,1-2H3,(H,17,19,21). The molecule has 10 heteroatoms. The third-order valence-electron chi connectivity index (χ3n) is 3.36. The Balaban J connectivity index is 1.67. The van der Waals surface area contributed by atoms with Crippen LogP contribution >= 0.6 is 35.3 Å². The molecular weight excluding hydrogens is 392 g/mol. The summed E-state index contributed by atoms with van der Waals surface area (Å²) in [7, 11) is 1.59. The largest absolute Gasteiger partial charge is 0.497 e. The molecule has 26 heavy (non-hydrogen) atoms. The average Bonchev–Trinajstić information content (AvgIpc) is 3.13. The maximum Gasteiger partial charge on any atom is 0.266 e. The topological polar surface area (TPSA) is 84.4 Å². The van der Waals surface area contributed by atoms with Gasteiger partial charge in [0.15, 0.2) is 0 Å². The average molecular weight is 407 g/mol. The summed E-state index contributed by atoms with van der Waals surface area (Å²) in [6.07, 6.45) is 1.74. The minimum absolute atomic E-state index is 0.163. The Morgan fingerprint density at radius 3 is 2.69 bits per heavy atom. The highest BCUT2D eigenvalue weighted by molar-refractivity contribution is 8.26. The van der Waals surface area contributed by atoms with Crippen LogP contribution in [-0.4, -0.2) is 44.9 Å². The molecule has 1 N–H and O–H groups in total. The lowest BCUT2D eigenvalue weighted by atomic mass is 10.2. The molecule has 1 aliphatic heterocycles. The molecule has 1 aliphatic rings. The second-order valence-corrected chi connectivity index (χ2v) is 8.07. The summed E-state index contributed by atoms with van der Waals surface area (Å²) < 4.78 is 5.46. The lowest BCUT2D eigenvalue weighted by Gasteiger charge is -2.13. The highest BCUT2D eigenvalue weighted by atomic mass is 32.2. The van der Waals surface area contributed by atoms with Crippen LogP contribution in [0, 0.1) is 6.92 Å². The van der Waals surface area contributed by atoms with E-state index in [2.05, 4.69) is 15.5 Å². The van der Waals surface area contributed by atoms with Crippen molar-refractivity contribution in [2.24, 2.45) is 0 Å². The predicted molar refractivity (Wildman–Crippen MR) is 106 cm³/mol. The number of hydrogen-bond acceptors (Lipinski definition) is 8.